The van der Waals surface area contributed by atoms with Gasteiger partial charge in [-0.15, -0.1) is 0 Å². The molecule has 0 bridgehead atoms. The predicted octanol–water partition coefficient (Wildman–Crippen LogP) is 1.95. The molecule has 2 N–H and O–H groups in total. The van der Waals surface area contributed by atoms with Gasteiger partial charge in [0.1, 0.15) is 0 Å². The van der Waals surface area contributed by atoms with Gasteiger partial charge in [0.05, 0.1) is 12.6 Å². The summed E-state index contributed by atoms with van der Waals surface area (Å²) in [6.07, 6.45) is 4.36. The van der Waals surface area contributed by atoms with Crippen LogP contribution >= 0.6 is 12.2 Å². The predicted molar refractivity (Wildman–Crippen MR) is 82.2 cm³/mol. The summed E-state index contributed by atoms with van der Waals surface area (Å²) in [5.41, 5.74) is 1.31. The molecule has 1 aliphatic rings. The number of rotatable bonds is 4. The summed E-state index contributed by atoms with van der Waals surface area (Å²) < 4.78 is 0. The molecule has 1 aromatic carbocycles. The standard InChI is InChI=1S/C15H22N2OS/c18-12-14-8-4-5-11-17(14)15(19)16-10-9-13-6-2-1-3-7-13/h1-3,6-7,14,18H,4-5,8-12H2,(H,16,19)/t14-/m1/s1. The van der Waals surface area contributed by atoms with Crippen LogP contribution in [0.5, 0.6) is 0 Å². The van der Waals surface area contributed by atoms with E-state index >= 15 is 0 Å². The van der Waals surface area contributed by atoms with Crippen molar-refractivity contribution in [3.05, 3.63) is 35.9 Å². The Morgan fingerprint density at radius 3 is 2.84 bits per heavy atom. The van der Waals surface area contributed by atoms with E-state index in [0.29, 0.717) is 0 Å². The van der Waals surface area contributed by atoms with Crippen molar-refractivity contribution < 1.29 is 5.11 Å². The highest BCUT2D eigenvalue weighted by molar-refractivity contribution is 7.80. The smallest absolute Gasteiger partial charge is 0.169 e. The van der Waals surface area contributed by atoms with Crippen LogP contribution in [0.1, 0.15) is 24.8 Å². The molecule has 4 heteroatoms. The third-order valence-electron chi connectivity index (χ3n) is 3.63. The lowest BCUT2D eigenvalue weighted by Crippen LogP contribution is -2.50. The van der Waals surface area contributed by atoms with Gasteiger partial charge in [0, 0.05) is 13.1 Å². The van der Waals surface area contributed by atoms with Crippen molar-refractivity contribution in [2.24, 2.45) is 0 Å². The van der Waals surface area contributed by atoms with E-state index in [2.05, 4.69) is 34.5 Å². The van der Waals surface area contributed by atoms with Gasteiger partial charge in [-0.3, -0.25) is 0 Å². The summed E-state index contributed by atoms with van der Waals surface area (Å²) in [7, 11) is 0. The number of aliphatic hydroxyl groups is 1. The summed E-state index contributed by atoms with van der Waals surface area (Å²) in [6, 6.07) is 10.6. The molecule has 0 saturated carbocycles. The average Bonchev–Trinajstić information content (AvgIpc) is 2.48. The van der Waals surface area contributed by atoms with Crippen molar-refractivity contribution >= 4 is 17.3 Å². The second-order valence-corrected chi connectivity index (χ2v) is 5.38. The number of thiocarbonyl (C=S) groups is 1. The van der Waals surface area contributed by atoms with E-state index in [9.17, 15) is 5.11 Å². The molecule has 1 heterocycles. The Morgan fingerprint density at radius 2 is 2.11 bits per heavy atom. The number of hydrogen-bond donors (Lipinski definition) is 2. The molecule has 19 heavy (non-hydrogen) atoms. The van der Waals surface area contributed by atoms with Crippen molar-refractivity contribution in [1.29, 1.82) is 0 Å². The monoisotopic (exact) mass is 278 g/mol. The van der Waals surface area contributed by atoms with Crippen molar-refractivity contribution in [3.63, 3.8) is 0 Å². The number of benzene rings is 1. The first kappa shape index (κ1) is 14.3. The topological polar surface area (TPSA) is 35.5 Å². The first-order valence-electron chi connectivity index (χ1n) is 7.00. The Morgan fingerprint density at radius 1 is 1.32 bits per heavy atom. The molecule has 1 atom stereocenters. The third kappa shape index (κ3) is 4.18. The summed E-state index contributed by atoms with van der Waals surface area (Å²) in [5.74, 6) is 0. The van der Waals surface area contributed by atoms with Crippen LogP contribution in [0, 0.1) is 0 Å². The Labute approximate surface area is 120 Å². The Hall–Kier alpha value is -1.13. The highest BCUT2D eigenvalue weighted by Crippen LogP contribution is 2.16. The van der Waals surface area contributed by atoms with Gasteiger partial charge in [-0.1, -0.05) is 30.3 Å². The summed E-state index contributed by atoms with van der Waals surface area (Å²) in [4.78, 5) is 2.14. The second-order valence-electron chi connectivity index (χ2n) is 4.99. The van der Waals surface area contributed by atoms with Crippen LogP contribution in [0.4, 0.5) is 0 Å². The van der Waals surface area contributed by atoms with Gasteiger partial charge in [-0.05, 0) is 43.5 Å². The fraction of sp³-hybridized carbons (Fsp3) is 0.533. The lowest BCUT2D eigenvalue weighted by Gasteiger charge is -2.36. The highest BCUT2D eigenvalue weighted by Gasteiger charge is 2.23. The molecular formula is C15H22N2OS. The lowest BCUT2D eigenvalue weighted by molar-refractivity contribution is 0.146. The van der Waals surface area contributed by atoms with Gasteiger partial charge in [0.15, 0.2) is 5.11 Å². The van der Waals surface area contributed by atoms with Crippen molar-refractivity contribution in [2.45, 2.75) is 31.7 Å². The number of nitrogens with zero attached hydrogens (tertiary/aromatic N) is 1. The van der Waals surface area contributed by atoms with Crippen LogP contribution < -0.4 is 5.32 Å². The normalized spacial score (nSPS) is 19.2. The number of likely N-dealkylation sites (tertiary alicyclic amines) is 1. The molecule has 0 amide bonds. The van der Waals surface area contributed by atoms with E-state index in [1.165, 1.54) is 12.0 Å². The van der Waals surface area contributed by atoms with E-state index in [1.54, 1.807) is 0 Å². The quantitative estimate of drug-likeness (QED) is 0.825. The van der Waals surface area contributed by atoms with E-state index in [1.807, 2.05) is 6.07 Å². The molecular weight excluding hydrogens is 256 g/mol. The van der Waals surface area contributed by atoms with Crippen LogP contribution in [-0.4, -0.2) is 40.9 Å². The van der Waals surface area contributed by atoms with Gasteiger partial charge in [-0.25, -0.2) is 0 Å². The lowest BCUT2D eigenvalue weighted by atomic mass is 10.0. The number of hydrogen-bond acceptors (Lipinski definition) is 2. The highest BCUT2D eigenvalue weighted by atomic mass is 32.1. The molecule has 0 unspecified atom stereocenters. The Bertz CT molecular complexity index is 396. The Kier molecular flexibility index (Phi) is 5.61. The first-order valence-corrected chi connectivity index (χ1v) is 7.41. The van der Waals surface area contributed by atoms with Crippen molar-refractivity contribution in [3.8, 4) is 0 Å². The fourth-order valence-corrected chi connectivity index (χ4v) is 2.86. The zero-order valence-corrected chi connectivity index (χ0v) is 12.0. The molecule has 1 saturated heterocycles. The zero-order chi connectivity index (χ0) is 13.5. The molecule has 1 fully saturated rings. The maximum atomic E-state index is 9.38. The maximum Gasteiger partial charge on any atom is 0.169 e. The van der Waals surface area contributed by atoms with Crippen LogP contribution in [0.15, 0.2) is 30.3 Å². The maximum absolute atomic E-state index is 9.38. The van der Waals surface area contributed by atoms with Crippen molar-refractivity contribution in [2.75, 3.05) is 19.7 Å². The number of piperidine rings is 1. The van der Waals surface area contributed by atoms with Gasteiger partial charge >= 0.3 is 0 Å². The van der Waals surface area contributed by atoms with E-state index in [0.717, 1.165) is 37.5 Å². The molecule has 0 aromatic heterocycles. The largest absolute Gasteiger partial charge is 0.394 e. The van der Waals surface area contributed by atoms with E-state index in [-0.39, 0.29) is 12.6 Å². The van der Waals surface area contributed by atoms with E-state index in [4.69, 9.17) is 12.2 Å². The van der Waals surface area contributed by atoms with Crippen molar-refractivity contribution in [1.82, 2.24) is 10.2 Å². The van der Waals surface area contributed by atoms with Gasteiger partial charge in [-0.2, -0.15) is 0 Å². The van der Waals surface area contributed by atoms with Crippen LogP contribution in [0.25, 0.3) is 0 Å². The second kappa shape index (κ2) is 7.46. The Balaban J connectivity index is 1.77. The van der Waals surface area contributed by atoms with Crippen LogP contribution in [0.2, 0.25) is 0 Å². The SMILES string of the molecule is OC[C@H]1CCCCN1C(=S)NCCc1ccccc1. The van der Waals surface area contributed by atoms with E-state index < -0.39 is 0 Å². The molecule has 2 rings (SSSR count). The molecule has 104 valence electrons. The third-order valence-corrected chi connectivity index (χ3v) is 4.01. The molecule has 0 radical (unpaired) electrons. The molecule has 1 aromatic rings. The minimum atomic E-state index is 0.195. The molecule has 1 aliphatic heterocycles. The average molecular weight is 278 g/mol. The van der Waals surface area contributed by atoms with Crippen LogP contribution in [-0.2, 0) is 6.42 Å². The summed E-state index contributed by atoms with van der Waals surface area (Å²) in [6.45, 7) is 2.00. The number of nitrogens with one attached hydrogen (secondary N) is 1. The van der Waals surface area contributed by atoms with Gasteiger partial charge < -0.3 is 15.3 Å². The summed E-state index contributed by atoms with van der Waals surface area (Å²) >= 11 is 5.44. The fourth-order valence-electron chi connectivity index (χ4n) is 2.52. The minimum absolute atomic E-state index is 0.195. The molecule has 0 aliphatic carbocycles. The van der Waals surface area contributed by atoms with Crippen LogP contribution in [0.3, 0.4) is 0 Å². The first-order chi connectivity index (χ1) is 9.31. The summed E-state index contributed by atoms with van der Waals surface area (Å²) in [5, 5.41) is 13.5. The zero-order valence-electron chi connectivity index (χ0n) is 11.2. The molecule has 3 nitrogen and oxygen atoms in total. The minimum Gasteiger partial charge on any atom is -0.394 e. The van der Waals surface area contributed by atoms with Gasteiger partial charge in [0.2, 0.25) is 0 Å². The molecule has 0 spiro atoms. The van der Waals surface area contributed by atoms with Gasteiger partial charge in [0.25, 0.3) is 0 Å². The number of aliphatic hydroxyl groups excluding tert-OH is 1.